The van der Waals surface area contributed by atoms with E-state index in [0.29, 0.717) is 17.4 Å². The summed E-state index contributed by atoms with van der Waals surface area (Å²) in [6.07, 6.45) is 67.1. The van der Waals surface area contributed by atoms with Crippen LogP contribution >= 0.6 is 7.82 Å². The summed E-state index contributed by atoms with van der Waals surface area (Å²) in [5.41, 5.74) is 0. The molecule has 3 unspecified atom stereocenters. The lowest BCUT2D eigenvalue weighted by Crippen LogP contribution is -2.47. The van der Waals surface area contributed by atoms with Gasteiger partial charge in [-0.25, -0.2) is 4.57 Å². The number of hydrogen-bond donors (Lipinski definition) is 2. The first-order valence-corrected chi connectivity index (χ1v) is 33.8. The van der Waals surface area contributed by atoms with Crippen LogP contribution in [0.4, 0.5) is 0 Å². The van der Waals surface area contributed by atoms with Gasteiger partial charge < -0.3 is 19.4 Å². The normalized spacial score (nSPS) is 13.9. The molecular formula is C65H126N2O7P+. The molecule has 3 atom stereocenters. The van der Waals surface area contributed by atoms with Crippen LogP contribution < -0.4 is 5.32 Å². The van der Waals surface area contributed by atoms with E-state index in [4.69, 9.17) is 13.8 Å². The third kappa shape index (κ3) is 56.8. The van der Waals surface area contributed by atoms with E-state index in [1.807, 2.05) is 33.3 Å². The maximum absolute atomic E-state index is 13.6. The third-order valence-electron chi connectivity index (χ3n) is 14.6. The van der Waals surface area contributed by atoms with Crippen molar-refractivity contribution < 1.29 is 37.3 Å². The van der Waals surface area contributed by atoms with Crippen LogP contribution in [-0.2, 0) is 27.9 Å². The number of phosphoric acid groups is 1. The van der Waals surface area contributed by atoms with E-state index in [1.54, 1.807) is 0 Å². The van der Waals surface area contributed by atoms with Crippen LogP contribution in [0.5, 0.6) is 0 Å². The number of carbonyl (C=O) groups is 2. The molecule has 0 saturated heterocycles. The van der Waals surface area contributed by atoms with Gasteiger partial charge in [0.05, 0.1) is 33.8 Å². The predicted molar refractivity (Wildman–Crippen MR) is 323 cm³/mol. The quantitative estimate of drug-likeness (QED) is 0.0205. The molecule has 0 heterocycles. The van der Waals surface area contributed by atoms with Gasteiger partial charge in [-0.05, 0) is 63.9 Å². The molecule has 0 saturated carbocycles. The summed E-state index contributed by atoms with van der Waals surface area (Å²) in [6.45, 7) is 7.02. The molecule has 0 radical (unpaired) electrons. The van der Waals surface area contributed by atoms with E-state index in [1.165, 1.54) is 218 Å². The number of rotatable bonds is 59. The Hall–Kier alpha value is -1.77. The highest BCUT2D eigenvalue weighted by molar-refractivity contribution is 7.47. The van der Waals surface area contributed by atoms with Gasteiger partial charge in [-0.3, -0.25) is 18.6 Å². The van der Waals surface area contributed by atoms with Gasteiger partial charge in [-0.15, -0.1) is 0 Å². The molecule has 0 aliphatic rings. The average Bonchev–Trinajstić information content (AvgIpc) is 3.37. The zero-order chi connectivity index (χ0) is 55.0. The molecule has 442 valence electrons. The Bertz CT molecular complexity index is 1380. The molecule has 0 spiro atoms. The number of quaternary nitrogens is 1. The Morgan fingerprint density at radius 3 is 1.23 bits per heavy atom. The molecule has 0 aromatic heterocycles. The van der Waals surface area contributed by atoms with Crippen LogP contribution in [-0.4, -0.2) is 74.3 Å². The minimum Gasteiger partial charge on any atom is -0.456 e. The van der Waals surface area contributed by atoms with Gasteiger partial charge in [0, 0.05) is 12.8 Å². The summed E-state index contributed by atoms with van der Waals surface area (Å²) < 4.78 is 30.7. The molecule has 75 heavy (non-hydrogen) atoms. The van der Waals surface area contributed by atoms with Crippen molar-refractivity contribution in [3.8, 4) is 0 Å². The molecule has 0 aliphatic carbocycles. The monoisotopic (exact) mass is 1080 g/mol. The van der Waals surface area contributed by atoms with Crippen molar-refractivity contribution in [2.24, 2.45) is 0 Å². The summed E-state index contributed by atoms with van der Waals surface area (Å²) in [5, 5.41) is 3.06. The number of allylic oxidation sites excluding steroid dienone is 5. The van der Waals surface area contributed by atoms with Crippen molar-refractivity contribution in [2.75, 3.05) is 40.9 Å². The van der Waals surface area contributed by atoms with Gasteiger partial charge >= 0.3 is 13.8 Å². The average molecular weight is 1080 g/mol. The summed E-state index contributed by atoms with van der Waals surface area (Å²) in [4.78, 5) is 37.7. The topological polar surface area (TPSA) is 111 Å². The number of hydrogen-bond acceptors (Lipinski definition) is 6. The van der Waals surface area contributed by atoms with Crippen LogP contribution in [0.3, 0.4) is 0 Å². The van der Waals surface area contributed by atoms with Gasteiger partial charge in [-0.1, -0.05) is 276 Å². The summed E-state index contributed by atoms with van der Waals surface area (Å²) in [5.74, 6) is -0.495. The van der Waals surface area contributed by atoms with Crippen molar-refractivity contribution in [2.45, 2.75) is 328 Å². The van der Waals surface area contributed by atoms with Crippen molar-refractivity contribution in [3.05, 3.63) is 36.5 Å². The second-order valence-electron chi connectivity index (χ2n) is 23.3. The first-order chi connectivity index (χ1) is 36.4. The first-order valence-electron chi connectivity index (χ1n) is 32.3. The van der Waals surface area contributed by atoms with Crippen molar-refractivity contribution >= 4 is 19.7 Å². The van der Waals surface area contributed by atoms with Crippen LogP contribution in [0.15, 0.2) is 36.5 Å². The van der Waals surface area contributed by atoms with E-state index in [2.05, 4.69) is 50.4 Å². The number of phosphoric ester groups is 1. The Balaban J connectivity index is 5.15. The van der Waals surface area contributed by atoms with E-state index in [0.717, 1.165) is 64.2 Å². The maximum atomic E-state index is 13.6. The number of esters is 1. The van der Waals surface area contributed by atoms with Gasteiger partial charge in [-0.2, -0.15) is 0 Å². The fourth-order valence-electron chi connectivity index (χ4n) is 9.56. The summed E-state index contributed by atoms with van der Waals surface area (Å²) in [6, 6.07) is -0.845. The third-order valence-corrected chi connectivity index (χ3v) is 15.6. The number of carbonyl (C=O) groups excluding carboxylic acids is 2. The van der Waals surface area contributed by atoms with E-state index < -0.39 is 20.0 Å². The van der Waals surface area contributed by atoms with Crippen molar-refractivity contribution in [1.82, 2.24) is 5.32 Å². The van der Waals surface area contributed by atoms with Crippen LogP contribution in [0, 0.1) is 0 Å². The number of ether oxygens (including phenoxy) is 1. The van der Waals surface area contributed by atoms with Gasteiger partial charge in [0.25, 0.3) is 0 Å². The second kappa shape index (κ2) is 55.5. The molecule has 1 amide bonds. The largest absolute Gasteiger partial charge is 0.472 e. The highest BCUT2D eigenvalue weighted by Crippen LogP contribution is 2.43. The summed E-state index contributed by atoms with van der Waals surface area (Å²) >= 11 is 0. The highest BCUT2D eigenvalue weighted by atomic mass is 31.2. The number of nitrogens with one attached hydrogen (secondary N) is 1. The van der Waals surface area contributed by atoms with Crippen LogP contribution in [0.2, 0.25) is 0 Å². The summed E-state index contributed by atoms with van der Waals surface area (Å²) in [7, 11) is 1.51. The lowest BCUT2D eigenvalue weighted by Gasteiger charge is -2.27. The van der Waals surface area contributed by atoms with Crippen LogP contribution in [0.1, 0.15) is 316 Å². The van der Waals surface area contributed by atoms with Crippen molar-refractivity contribution in [1.29, 1.82) is 0 Å². The fraction of sp³-hybridized carbons (Fsp3) is 0.877. The Morgan fingerprint density at radius 1 is 0.467 bits per heavy atom. The zero-order valence-corrected chi connectivity index (χ0v) is 51.5. The van der Waals surface area contributed by atoms with Crippen molar-refractivity contribution in [3.63, 3.8) is 0 Å². The van der Waals surface area contributed by atoms with Gasteiger partial charge in [0.1, 0.15) is 19.3 Å². The lowest BCUT2D eigenvalue weighted by atomic mass is 10.0. The zero-order valence-electron chi connectivity index (χ0n) is 50.6. The highest BCUT2D eigenvalue weighted by Gasteiger charge is 2.30. The molecule has 0 fully saturated rings. The number of amides is 1. The van der Waals surface area contributed by atoms with E-state index >= 15 is 0 Å². The van der Waals surface area contributed by atoms with Gasteiger partial charge in [0.15, 0.2) is 0 Å². The first kappa shape index (κ1) is 73.2. The Kier molecular flexibility index (Phi) is 54.2. The molecule has 10 heteroatoms. The fourth-order valence-corrected chi connectivity index (χ4v) is 10.3. The van der Waals surface area contributed by atoms with Gasteiger partial charge in [0.2, 0.25) is 5.91 Å². The molecule has 0 bridgehead atoms. The molecule has 0 aliphatic heterocycles. The maximum Gasteiger partial charge on any atom is 0.472 e. The smallest absolute Gasteiger partial charge is 0.456 e. The predicted octanol–water partition coefficient (Wildman–Crippen LogP) is 19.9. The molecular weight excluding hydrogens is 952 g/mol. The molecule has 0 rings (SSSR count). The van der Waals surface area contributed by atoms with Crippen LogP contribution in [0.25, 0.3) is 0 Å². The van der Waals surface area contributed by atoms with E-state index in [9.17, 15) is 19.0 Å². The minimum absolute atomic E-state index is 0.0420. The second-order valence-corrected chi connectivity index (χ2v) is 24.7. The Morgan fingerprint density at radius 2 is 0.813 bits per heavy atom. The standard InChI is InChI=1S/C65H125N2O7P/c1-7-10-13-16-19-22-25-27-29-31-33-35-37-39-42-45-48-51-54-57-64(68)66-62(61-73-75(70,71)72-60-59-67(4,5)6)63(56-53-50-47-44-41-24-21-18-15-12-9-3)74-65(69)58-55-52-49-46-43-40-38-36-34-32-30-28-26-23-20-17-14-11-8-2/h20,23,28,30,53,56,62-63H,7-19,21-22,24-27,29,31-52,54-55,57-61H2,1-6H3,(H-,66,68,70,71)/p+1/b23-20-,30-28-,56-53+. The minimum atomic E-state index is -4.44. The lowest BCUT2D eigenvalue weighted by molar-refractivity contribution is -0.870. The number of likely N-dealkylation sites (N-methyl/N-ethyl adjacent to an activating group) is 1. The Labute approximate surface area is 466 Å². The van der Waals surface area contributed by atoms with E-state index in [-0.39, 0.29) is 31.5 Å². The molecule has 2 N–H and O–H groups in total. The molecule has 0 aromatic carbocycles. The molecule has 9 nitrogen and oxygen atoms in total. The number of unbranched alkanes of at least 4 members (excludes halogenated alkanes) is 39. The SMILES string of the molecule is CCCCC/C=C\C/C=C\CCCCCCCCCCCC(=O)OC(/C=C/CCCCCCCCCCC)C(COP(=O)(O)OCC[N+](C)(C)C)NC(=O)CCCCCCCCCCCCCCCCCCCCC. The number of nitrogens with zero attached hydrogens (tertiary/aromatic N) is 1. The molecule has 0 aromatic rings.